The first kappa shape index (κ1) is 25.4. The lowest BCUT2D eigenvalue weighted by molar-refractivity contribution is -0.126. The number of amides is 3. The third-order valence-corrected chi connectivity index (χ3v) is 6.90. The predicted molar refractivity (Wildman–Crippen MR) is 143 cm³/mol. The molecule has 36 heavy (non-hydrogen) atoms. The second-order valence-corrected chi connectivity index (χ2v) is 9.58. The van der Waals surface area contributed by atoms with E-state index in [1.165, 1.54) is 0 Å². The second kappa shape index (κ2) is 11.9. The minimum absolute atomic E-state index is 0.0870. The highest BCUT2D eigenvalue weighted by molar-refractivity contribution is 9.10. The fourth-order valence-corrected chi connectivity index (χ4v) is 4.29. The van der Waals surface area contributed by atoms with Crippen molar-refractivity contribution in [3.8, 4) is 5.75 Å². The van der Waals surface area contributed by atoms with Crippen LogP contribution in [0, 0.1) is 12.8 Å². The van der Waals surface area contributed by atoms with Crippen LogP contribution in [-0.2, 0) is 20.8 Å². The van der Waals surface area contributed by atoms with Crippen LogP contribution in [0.5, 0.6) is 5.75 Å². The lowest BCUT2D eigenvalue weighted by Crippen LogP contribution is -2.34. The average molecular weight is 550 g/mol. The Morgan fingerprint density at radius 2 is 1.81 bits per heavy atom. The van der Waals surface area contributed by atoms with Gasteiger partial charge in [-0.25, -0.2) is 0 Å². The van der Waals surface area contributed by atoms with Gasteiger partial charge in [0.15, 0.2) is 6.61 Å². The molecule has 1 aliphatic heterocycles. The van der Waals surface area contributed by atoms with Crippen molar-refractivity contribution in [3.05, 3.63) is 88.4 Å². The number of carbonyl (C=O) groups excluding carboxylic acids is 3. The maximum Gasteiger partial charge on any atom is 0.262 e. The van der Waals surface area contributed by atoms with E-state index in [-0.39, 0.29) is 36.7 Å². The maximum absolute atomic E-state index is 12.6. The number of aryl methyl sites for hydroxylation is 1. The van der Waals surface area contributed by atoms with E-state index in [4.69, 9.17) is 4.74 Å². The van der Waals surface area contributed by atoms with Crippen molar-refractivity contribution in [1.82, 2.24) is 5.32 Å². The number of rotatable bonds is 9. The molecule has 1 saturated heterocycles. The van der Waals surface area contributed by atoms with E-state index in [1.807, 2.05) is 55.5 Å². The lowest BCUT2D eigenvalue weighted by atomic mass is 10.1. The number of hydrogen-bond donors (Lipinski definition) is 2. The van der Waals surface area contributed by atoms with E-state index in [0.29, 0.717) is 30.2 Å². The molecule has 186 valence electrons. The fourth-order valence-electron chi connectivity index (χ4n) is 4.04. The van der Waals surface area contributed by atoms with Gasteiger partial charge in [0.05, 0.1) is 5.92 Å². The Kier molecular flexibility index (Phi) is 8.38. The summed E-state index contributed by atoms with van der Waals surface area (Å²) >= 11 is 3.44. The van der Waals surface area contributed by atoms with Gasteiger partial charge in [0.1, 0.15) is 5.75 Å². The van der Waals surface area contributed by atoms with E-state index < -0.39 is 0 Å². The highest BCUT2D eigenvalue weighted by atomic mass is 79.9. The van der Waals surface area contributed by atoms with Crippen molar-refractivity contribution in [2.45, 2.75) is 19.8 Å². The van der Waals surface area contributed by atoms with Crippen molar-refractivity contribution >= 4 is 45.0 Å². The third-order valence-electron chi connectivity index (χ3n) is 6.01. The van der Waals surface area contributed by atoms with Gasteiger partial charge in [-0.2, -0.15) is 0 Å². The molecule has 1 fully saturated rings. The van der Waals surface area contributed by atoms with Crippen LogP contribution in [0.2, 0.25) is 0 Å². The smallest absolute Gasteiger partial charge is 0.262 e. The molecule has 1 atom stereocenters. The number of carbonyl (C=O) groups is 3. The monoisotopic (exact) mass is 549 g/mol. The van der Waals surface area contributed by atoms with E-state index >= 15 is 0 Å². The number of ether oxygens (including phenoxy) is 1. The molecule has 3 aromatic rings. The number of halogens is 1. The van der Waals surface area contributed by atoms with Crippen molar-refractivity contribution in [2.75, 3.05) is 29.9 Å². The van der Waals surface area contributed by atoms with E-state index in [2.05, 4.69) is 26.6 Å². The van der Waals surface area contributed by atoms with Gasteiger partial charge in [-0.3, -0.25) is 14.4 Å². The van der Waals surface area contributed by atoms with Gasteiger partial charge >= 0.3 is 0 Å². The molecule has 7 nitrogen and oxygen atoms in total. The molecule has 0 saturated carbocycles. The highest BCUT2D eigenvalue weighted by Crippen LogP contribution is 2.27. The van der Waals surface area contributed by atoms with Gasteiger partial charge in [0.2, 0.25) is 11.8 Å². The summed E-state index contributed by atoms with van der Waals surface area (Å²) in [5.74, 6) is -0.320. The molecule has 3 amide bonds. The van der Waals surface area contributed by atoms with Crippen molar-refractivity contribution in [2.24, 2.45) is 5.92 Å². The number of benzene rings is 3. The summed E-state index contributed by atoms with van der Waals surface area (Å²) in [7, 11) is 0. The van der Waals surface area contributed by atoms with Crippen LogP contribution in [0.15, 0.2) is 77.3 Å². The average Bonchev–Trinajstić information content (AvgIpc) is 3.27. The standard InChI is InChI=1S/C28H28BrN3O4/c1-19-15-22(7-12-25(19)29)31-26(33)18-36-24-10-8-23(9-11-24)32-17-21(16-27(32)34)28(35)30-14-13-20-5-3-2-4-6-20/h2-12,15,21H,13-14,16-18H2,1H3,(H,30,35)(H,31,33)/t21-/m0/s1. The Hall–Kier alpha value is -3.65. The maximum atomic E-state index is 12.6. The van der Waals surface area contributed by atoms with Crippen LogP contribution in [0.1, 0.15) is 17.5 Å². The van der Waals surface area contributed by atoms with Crippen LogP contribution in [0.3, 0.4) is 0 Å². The SMILES string of the molecule is Cc1cc(NC(=O)COc2ccc(N3C[C@@H](C(=O)NCCc4ccccc4)CC3=O)cc2)ccc1Br. The van der Waals surface area contributed by atoms with Gasteiger partial charge in [-0.15, -0.1) is 0 Å². The molecule has 0 aliphatic carbocycles. The Morgan fingerprint density at radius 3 is 2.53 bits per heavy atom. The minimum atomic E-state index is -0.379. The summed E-state index contributed by atoms with van der Waals surface area (Å²) in [6, 6.07) is 22.5. The topological polar surface area (TPSA) is 87.7 Å². The Bertz CT molecular complexity index is 1230. The number of hydrogen-bond acceptors (Lipinski definition) is 4. The van der Waals surface area contributed by atoms with Crippen molar-refractivity contribution in [3.63, 3.8) is 0 Å². The minimum Gasteiger partial charge on any atom is -0.484 e. The number of nitrogens with zero attached hydrogens (tertiary/aromatic N) is 1. The molecule has 1 aliphatic rings. The summed E-state index contributed by atoms with van der Waals surface area (Å²) in [5.41, 5.74) is 3.57. The van der Waals surface area contributed by atoms with Crippen molar-refractivity contribution in [1.29, 1.82) is 0 Å². The molecule has 2 N–H and O–H groups in total. The Labute approximate surface area is 219 Å². The van der Waals surface area contributed by atoms with Crippen LogP contribution in [-0.4, -0.2) is 37.4 Å². The van der Waals surface area contributed by atoms with Crippen LogP contribution < -0.4 is 20.3 Å². The van der Waals surface area contributed by atoms with Gasteiger partial charge in [0, 0.05) is 35.4 Å². The zero-order valence-electron chi connectivity index (χ0n) is 20.0. The van der Waals surface area contributed by atoms with Crippen LogP contribution in [0.25, 0.3) is 0 Å². The zero-order valence-corrected chi connectivity index (χ0v) is 21.6. The molecule has 0 radical (unpaired) electrons. The van der Waals surface area contributed by atoms with E-state index in [1.54, 1.807) is 29.2 Å². The summed E-state index contributed by atoms with van der Waals surface area (Å²) < 4.78 is 6.57. The number of nitrogens with one attached hydrogen (secondary N) is 2. The molecule has 0 unspecified atom stereocenters. The normalized spacial score (nSPS) is 15.0. The van der Waals surface area contributed by atoms with Gasteiger partial charge < -0.3 is 20.3 Å². The predicted octanol–water partition coefficient (Wildman–Crippen LogP) is 4.49. The van der Waals surface area contributed by atoms with Gasteiger partial charge in [-0.05, 0) is 66.9 Å². The Balaban J connectivity index is 1.24. The first-order chi connectivity index (χ1) is 17.4. The Morgan fingerprint density at radius 1 is 1.06 bits per heavy atom. The molecular weight excluding hydrogens is 522 g/mol. The summed E-state index contributed by atoms with van der Waals surface area (Å²) in [4.78, 5) is 39.0. The number of anilines is 2. The molecule has 0 bridgehead atoms. The molecule has 0 aromatic heterocycles. The van der Waals surface area contributed by atoms with Gasteiger partial charge in [0.25, 0.3) is 5.91 Å². The molecule has 8 heteroatoms. The van der Waals surface area contributed by atoms with Crippen LogP contribution >= 0.6 is 15.9 Å². The molecule has 0 spiro atoms. The fraction of sp³-hybridized carbons (Fsp3) is 0.250. The summed E-state index contributed by atoms with van der Waals surface area (Å²) in [5, 5.41) is 5.75. The molecule has 4 rings (SSSR count). The van der Waals surface area contributed by atoms with Gasteiger partial charge in [-0.1, -0.05) is 46.3 Å². The summed E-state index contributed by atoms with van der Waals surface area (Å²) in [6.07, 6.45) is 0.935. The third kappa shape index (κ3) is 6.73. The molecular formula is C28H28BrN3O4. The molecule has 3 aromatic carbocycles. The quantitative estimate of drug-likeness (QED) is 0.411. The van der Waals surface area contributed by atoms with E-state index in [9.17, 15) is 14.4 Å². The van der Waals surface area contributed by atoms with Crippen LogP contribution in [0.4, 0.5) is 11.4 Å². The lowest BCUT2D eigenvalue weighted by Gasteiger charge is -2.17. The molecule has 1 heterocycles. The largest absolute Gasteiger partial charge is 0.484 e. The zero-order chi connectivity index (χ0) is 25.5. The second-order valence-electron chi connectivity index (χ2n) is 8.73. The first-order valence-corrected chi connectivity index (χ1v) is 12.6. The van der Waals surface area contributed by atoms with E-state index in [0.717, 1.165) is 22.0 Å². The van der Waals surface area contributed by atoms with Crippen molar-refractivity contribution < 1.29 is 19.1 Å². The highest BCUT2D eigenvalue weighted by Gasteiger charge is 2.34. The summed E-state index contributed by atoms with van der Waals surface area (Å²) in [6.45, 7) is 2.69. The first-order valence-electron chi connectivity index (χ1n) is 11.8.